The van der Waals surface area contributed by atoms with Crippen molar-refractivity contribution in [3.05, 3.63) is 42.3 Å². The van der Waals surface area contributed by atoms with E-state index < -0.39 is 18.0 Å². The maximum absolute atomic E-state index is 14.7. The molecule has 150 valence electrons. The summed E-state index contributed by atoms with van der Waals surface area (Å²) in [4.78, 5) is 18.8. The zero-order valence-electron chi connectivity index (χ0n) is 15.3. The second-order valence-corrected chi connectivity index (χ2v) is 6.39. The van der Waals surface area contributed by atoms with Crippen molar-refractivity contribution in [2.45, 2.75) is 12.6 Å². The fourth-order valence-corrected chi connectivity index (χ4v) is 2.97. The van der Waals surface area contributed by atoms with Crippen LogP contribution in [-0.2, 0) is 11.3 Å². The first-order chi connectivity index (χ1) is 14.1. The van der Waals surface area contributed by atoms with Crippen LogP contribution in [0.2, 0.25) is 0 Å². The summed E-state index contributed by atoms with van der Waals surface area (Å²) in [5.74, 6) is -0.156. The van der Waals surface area contributed by atoms with Crippen LogP contribution in [0, 0.1) is 5.82 Å². The van der Waals surface area contributed by atoms with Crippen LogP contribution in [0.1, 0.15) is 0 Å². The van der Waals surface area contributed by atoms with Gasteiger partial charge >= 0.3 is 6.09 Å². The molecule has 1 fully saturated rings. The minimum atomic E-state index is -0.614. The number of nitrogens with zero attached hydrogens (tertiary/aromatic N) is 6. The van der Waals surface area contributed by atoms with Crippen molar-refractivity contribution < 1.29 is 19.0 Å². The zero-order chi connectivity index (χ0) is 20.4. The van der Waals surface area contributed by atoms with Crippen LogP contribution in [0.5, 0.6) is 0 Å². The summed E-state index contributed by atoms with van der Waals surface area (Å²) in [6.07, 6.45) is 0.291. The fourth-order valence-electron chi connectivity index (χ4n) is 2.97. The van der Waals surface area contributed by atoms with Crippen molar-refractivity contribution in [2.75, 3.05) is 24.6 Å². The molecule has 2 aromatic heterocycles. The molecule has 10 nitrogen and oxygen atoms in total. The van der Waals surface area contributed by atoms with E-state index in [0.29, 0.717) is 41.4 Å². The van der Waals surface area contributed by atoms with Gasteiger partial charge in [0.2, 0.25) is 5.82 Å². The Morgan fingerprint density at radius 2 is 2.17 bits per heavy atom. The monoisotopic (exact) mass is 399 g/mol. The van der Waals surface area contributed by atoms with E-state index in [-0.39, 0.29) is 13.2 Å². The van der Waals surface area contributed by atoms with Crippen LogP contribution in [0.4, 0.5) is 14.9 Å². The van der Waals surface area contributed by atoms with Crippen LogP contribution in [0.3, 0.4) is 0 Å². The lowest BCUT2D eigenvalue weighted by atomic mass is 10.1. The molecule has 1 saturated heterocycles. The highest BCUT2D eigenvalue weighted by Gasteiger charge is 2.32. The number of hydrogen-bond donors (Lipinski definition) is 2. The number of aromatic nitrogens is 5. The lowest BCUT2D eigenvalue weighted by Crippen LogP contribution is -2.25. The molecule has 0 saturated carbocycles. The first kappa shape index (κ1) is 18.9. The molecule has 0 spiro atoms. The van der Waals surface area contributed by atoms with E-state index in [1.54, 1.807) is 24.3 Å². The minimum absolute atomic E-state index is 0.169. The Balaban J connectivity index is 1.54. The first-order valence-corrected chi connectivity index (χ1v) is 8.92. The molecule has 1 amide bonds. The molecule has 1 atom stereocenters. The number of halogens is 1. The van der Waals surface area contributed by atoms with E-state index in [9.17, 15) is 9.18 Å². The molecule has 0 unspecified atom stereocenters. The van der Waals surface area contributed by atoms with Crippen molar-refractivity contribution in [2.24, 2.45) is 5.73 Å². The Kier molecular flexibility index (Phi) is 5.14. The summed E-state index contributed by atoms with van der Waals surface area (Å²) in [5, 5.41) is 21.1. The molecular formula is C18H18FN7O3. The number of benzene rings is 1. The Morgan fingerprint density at radius 3 is 2.83 bits per heavy atom. The first-order valence-electron chi connectivity index (χ1n) is 8.92. The molecule has 3 aromatic rings. The Bertz CT molecular complexity index is 1020. The van der Waals surface area contributed by atoms with Gasteiger partial charge in [-0.2, -0.15) is 4.80 Å². The number of aliphatic hydroxyl groups is 1. The molecule has 3 heterocycles. The van der Waals surface area contributed by atoms with Crippen LogP contribution in [0.25, 0.3) is 22.6 Å². The quantitative estimate of drug-likeness (QED) is 0.622. The van der Waals surface area contributed by atoms with Gasteiger partial charge in [0.1, 0.15) is 17.6 Å². The second-order valence-electron chi connectivity index (χ2n) is 6.39. The molecule has 3 N–H and O–H groups in total. The third-order valence-corrected chi connectivity index (χ3v) is 4.43. The van der Waals surface area contributed by atoms with Gasteiger partial charge in [-0.15, -0.1) is 10.2 Å². The second kappa shape index (κ2) is 7.89. The number of aliphatic hydroxyl groups excluding tert-OH is 1. The smallest absolute Gasteiger partial charge is 0.414 e. The van der Waals surface area contributed by atoms with Crippen molar-refractivity contribution in [1.29, 1.82) is 0 Å². The SMILES string of the molecule is NCCn1nnc(-c2ccc(-c3ccc(N4C[C@H](CO)OC4=O)cc3F)cn2)n1. The summed E-state index contributed by atoms with van der Waals surface area (Å²) in [6, 6.07) is 7.82. The minimum Gasteiger partial charge on any atom is -0.441 e. The van der Waals surface area contributed by atoms with E-state index in [4.69, 9.17) is 15.6 Å². The number of hydrogen-bond acceptors (Lipinski definition) is 8. The van der Waals surface area contributed by atoms with Gasteiger partial charge in [0.05, 0.1) is 25.4 Å². The lowest BCUT2D eigenvalue weighted by Gasteiger charge is -2.14. The highest BCUT2D eigenvalue weighted by Crippen LogP contribution is 2.29. The van der Waals surface area contributed by atoms with Gasteiger partial charge in [-0.25, -0.2) is 9.18 Å². The molecule has 11 heteroatoms. The summed E-state index contributed by atoms with van der Waals surface area (Å²) in [6.45, 7) is 0.734. The third-order valence-electron chi connectivity index (χ3n) is 4.43. The van der Waals surface area contributed by atoms with Crippen molar-refractivity contribution in [1.82, 2.24) is 25.2 Å². The molecule has 29 heavy (non-hydrogen) atoms. The number of carbonyl (C=O) groups excluding carboxylic acids is 1. The van der Waals surface area contributed by atoms with Gasteiger partial charge in [-0.3, -0.25) is 9.88 Å². The van der Waals surface area contributed by atoms with Gasteiger partial charge in [0.15, 0.2) is 0 Å². The normalized spacial score (nSPS) is 16.3. The average Bonchev–Trinajstić information content (AvgIpc) is 3.35. The van der Waals surface area contributed by atoms with E-state index in [2.05, 4.69) is 20.4 Å². The number of rotatable bonds is 6. The van der Waals surface area contributed by atoms with Crippen LogP contribution in [-0.4, -0.2) is 62.2 Å². The molecule has 1 aliphatic rings. The van der Waals surface area contributed by atoms with Gasteiger partial charge in [-0.1, -0.05) is 6.07 Å². The predicted octanol–water partition coefficient (Wildman–Crippen LogP) is 0.817. The fraction of sp³-hybridized carbons (Fsp3) is 0.278. The standard InChI is InChI=1S/C18H18FN7O3/c19-15-7-12(25-9-13(10-27)29-18(25)28)2-3-14(15)11-1-4-16(21-8-11)17-22-24-26(23-17)6-5-20/h1-4,7-8,13,27H,5-6,9-10,20H2/t13-/m1/s1. The van der Waals surface area contributed by atoms with Gasteiger partial charge in [-0.05, 0) is 29.5 Å². The summed E-state index contributed by atoms with van der Waals surface area (Å²) in [5.41, 5.74) is 7.21. The molecule has 0 radical (unpaired) electrons. The van der Waals surface area contributed by atoms with E-state index >= 15 is 0 Å². The van der Waals surface area contributed by atoms with Crippen LogP contribution < -0.4 is 10.6 Å². The maximum atomic E-state index is 14.7. The Hall–Kier alpha value is -3.44. The van der Waals surface area contributed by atoms with Crippen molar-refractivity contribution in [3.8, 4) is 22.6 Å². The van der Waals surface area contributed by atoms with Crippen LogP contribution in [0.15, 0.2) is 36.5 Å². The predicted molar refractivity (Wildman–Crippen MR) is 100 cm³/mol. The highest BCUT2D eigenvalue weighted by atomic mass is 19.1. The average molecular weight is 399 g/mol. The number of pyridine rings is 1. The third kappa shape index (κ3) is 3.77. The Morgan fingerprint density at radius 1 is 1.31 bits per heavy atom. The van der Waals surface area contributed by atoms with Crippen molar-refractivity contribution >= 4 is 11.8 Å². The van der Waals surface area contributed by atoms with E-state index in [1.807, 2.05) is 0 Å². The molecule has 4 rings (SSSR count). The maximum Gasteiger partial charge on any atom is 0.414 e. The van der Waals surface area contributed by atoms with Gasteiger partial charge in [0, 0.05) is 23.9 Å². The topological polar surface area (TPSA) is 132 Å². The molecule has 1 aromatic carbocycles. The van der Waals surface area contributed by atoms with Gasteiger partial charge < -0.3 is 15.6 Å². The molecule has 0 bridgehead atoms. The summed E-state index contributed by atoms with van der Waals surface area (Å²) in [7, 11) is 0. The molecule has 0 aliphatic carbocycles. The summed E-state index contributed by atoms with van der Waals surface area (Å²) < 4.78 is 19.7. The molecular weight excluding hydrogens is 381 g/mol. The van der Waals surface area contributed by atoms with Crippen molar-refractivity contribution in [3.63, 3.8) is 0 Å². The number of tetrazole rings is 1. The zero-order valence-corrected chi connectivity index (χ0v) is 15.3. The molecule has 1 aliphatic heterocycles. The van der Waals surface area contributed by atoms with E-state index in [1.165, 1.54) is 22.0 Å². The van der Waals surface area contributed by atoms with Gasteiger partial charge in [0.25, 0.3) is 0 Å². The number of cyclic esters (lactones) is 1. The number of carbonyl (C=O) groups is 1. The summed E-state index contributed by atoms with van der Waals surface area (Å²) >= 11 is 0. The van der Waals surface area contributed by atoms with Crippen LogP contribution >= 0.6 is 0 Å². The largest absolute Gasteiger partial charge is 0.441 e. The highest BCUT2D eigenvalue weighted by molar-refractivity contribution is 5.90. The lowest BCUT2D eigenvalue weighted by molar-refractivity contribution is 0.0963. The number of anilines is 1. The number of nitrogens with two attached hydrogens (primary N) is 1. The van der Waals surface area contributed by atoms with E-state index in [0.717, 1.165) is 0 Å². The Labute approximate surface area is 164 Å². The number of amides is 1. The number of ether oxygens (including phenoxy) is 1.